The first-order valence-corrected chi connectivity index (χ1v) is 15.5. The summed E-state index contributed by atoms with van der Waals surface area (Å²) in [6.45, 7) is 0. The van der Waals surface area contributed by atoms with Crippen molar-refractivity contribution < 1.29 is 28.7 Å². The van der Waals surface area contributed by atoms with Crippen LogP contribution in [0.4, 0.5) is 0 Å². The standard InChI is InChI=1S/2C14H17IO3/c2*1-18-13(17)9-6-8(16)7-12(15)11-3-2-10(9)14(11)4-5-14/h2*2-3,9-12H,4-7H2,1H3/t9-,10?,11?,12+;9-,10?,11?,12-/m00/s1. The smallest absolute Gasteiger partial charge is 0.309 e. The molecule has 0 aromatic heterocycles. The summed E-state index contributed by atoms with van der Waals surface area (Å²) >= 11 is 4.83. The van der Waals surface area contributed by atoms with Crippen LogP contribution < -0.4 is 0 Å². The fourth-order valence-electron chi connectivity index (χ4n) is 7.71. The number of allylic oxidation sites excluding steroid dienone is 4. The monoisotopic (exact) mass is 720 g/mol. The largest absolute Gasteiger partial charge is 0.469 e. The minimum absolute atomic E-state index is 0.207. The maximum Gasteiger partial charge on any atom is 0.309 e. The number of halogens is 2. The highest BCUT2D eigenvalue weighted by molar-refractivity contribution is 14.1. The number of hydrogen-bond acceptors (Lipinski definition) is 6. The Morgan fingerprint density at radius 1 is 0.667 bits per heavy atom. The molecule has 6 rings (SSSR count). The van der Waals surface area contributed by atoms with E-state index >= 15 is 0 Å². The molecule has 0 radical (unpaired) electrons. The highest BCUT2D eigenvalue weighted by atomic mass is 127. The molecular formula is C28H34I2O6. The van der Waals surface area contributed by atoms with Crippen LogP contribution in [-0.2, 0) is 28.7 Å². The van der Waals surface area contributed by atoms with E-state index in [4.69, 9.17) is 9.47 Å². The van der Waals surface area contributed by atoms with Crippen molar-refractivity contribution in [2.45, 2.75) is 59.2 Å². The van der Waals surface area contributed by atoms with Crippen molar-refractivity contribution >= 4 is 68.7 Å². The Morgan fingerprint density at radius 2 is 1.00 bits per heavy atom. The van der Waals surface area contributed by atoms with Crippen molar-refractivity contribution in [1.29, 1.82) is 0 Å². The first-order chi connectivity index (χ1) is 17.2. The first kappa shape index (κ1) is 26.8. The highest BCUT2D eigenvalue weighted by Crippen LogP contribution is 2.67. The van der Waals surface area contributed by atoms with Crippen molar-refractivity contribution in [3.8, 4) is 0 Å². The van der Waals surface area contributed by atoms with Crippen molar-refractivity contribution in [2.24, 2.45) is 46.3 Å². The zero-order chi connectivity index (χ0) is 25.8. The van der Waals surface area contributed by atoms with Crippen LogP contribution in [0.15, 0.2) is 24.3 Å². The zero-order valence-corrected chi connectivity index (χ0v) is 25.1. The van der Waals surface area contributed by atoms with E-state index in [0.29, 0.717) is 45.4 Å². The summed E-state index contributed by atoms with van der Waals surface area (Å²) in [5.74, 6) is 0.865. The number of esters is 2. The normalized spacial score (nSPS) is 40.4. The van der Waals surface area contributed by atoms with Gasteiger partial charge in [0.1, 0.15) is 11.6 Å². The maximum absolute atomic E-state index is 12.0. The van der Waals surface area contributed by atoms with E-state index in [1.807, 2.05) is 0 Å². The number of methoxy groups -OCH3 is 2. The molecule has 4 fully saturated rings. The third-order valence-electron chi connectivity index (χ3n) is 9.76. The van der Waals surface area contributed by atoms with E-state index in [9.17, 15) is 19.2 Å². The molecule has 0 saturated heterocycles. The number of carbonyl (C=O) groups is 4. The molecule has 0 aromatic carbocycles. The molecule has 36 heavy (non-hydrogen) atoms. The molecule has 8 atom stereocenters. The van der Waals surface area contributed by atoms with Gasteiger partial charge in [0.2, 0.25) is 0 Å². The van der Waals surface area contributed by atoms with Crippen LogP contribution in [0.3, 0.4) is 0 Å². The van der Waals surface area contributed by atoms with Gasteiger partial charge in [0.05, 0.1) is 26.1 Å². The first-order valence-electron chi connectivity index (χ1n) is 13.0. The Balaban J connectivity index is 0.000000148. The molecule has 196 valence electrons. The lowest BCUT2D eigenvalue weighted by Crippen LogP contribution is -2.38. The van der Waals surface area contributed by atoms with Gasteiger partial charge in [-0.25, -0.2) is 0 Å². The van der Waals surface area contributed by atoms with Gasteiger partial charge >= 0.3 is 11.9 Å². The topological polar surface area (TPSA) is 86.7 Å². The summed E-state index contributed by atoms with van der Waals surface area (Å²) in [5.41, 5.74) is 0.539. The molecule has 4 unspecified atom stereocenters. The van der Waals surface area contributed by atoms with Crippen LogP contribution >= 0.6 is 45.2 Å². The number of hydrogen-bond donors (Lipinski definition) is 0. The lowest BCUT2D eigenvalue weighted by atomic mass is 9.71. The molecule has 6 aliphatic rings. The number of ether oxygens (including phenoxy) is 2. The Kier molecular flexibility index (Phi) is 7.50. The second-order valence-corrected chi connectivity index (χ2v) is 14.7. The van der Waals surface area contributed by atoms with E-state index in [1.54, 1.807) is 0 Å². The number of Topliss-reactive ketones (excluding diaryl/α,β-unsaturated/α-hetero) is 2. The van der Waals surface area contributed by atoms with Crippen LogP contribution in [-0.4, -0.2) is 45.6 Å². The molecule has 0 N–H and O–H groups in total. The Bertz CT molecular complexity index is 930. The lowest BCUT2D eigenvalue weighted by Gasteiger charge is -2.34. The fourth-order valence-corrected chi connectivity index (χ4v) is 10.6. The van der Waals surface area contributed by atoms with Crippen LogP contribution in [0.5, 0.6) is 0 Å². The van der Waals surface area contributed by atoms with Gasteiger partial charge in [-0.05, 0) is 60.2 Å². The van der Waals surface area contributed by atoms with Gasteiger partial charge in [0.15, 0.2) is 0 Å². The molecule has 8 heteroatoms. The molecule has 0 amide bonds. The minimum Gasteiger partial charge on any atom is -0.469 e. The maximum atomic E-state index is 12.0. The highest BCUT2D eigenvalue weighted by Gasteiger charge is 2.62. The van der Waals surface area contributed by atoms with Gasteiger partial charge in [0.25, 0.3) is 0 Å². The molecule has 6 aliphatic carbocycles. The van der Waals surface area contributed by atoms with Crippen LogP contribution in [0.1, 0.15) is 51.4 Å². The number of rotatable bonds is 2. The van der Waals surface area contributed by atoms with Gasteiger partial charge in [-0.2, -0.15) is 0 Å². The van der Waals surface area contributed by atoms with Crippen LogP contribution in [0.2, 0.25) is 0 Å². The quantitative estimate of drug-likeness (QED) is 0.172. The van der Waals surface area contributed by atoms with Crippen LogP contribution in [0, 0.1) is 46.3 Å². The molecule has 4 saturated carbocycles. The number of ketones is 2. The predicted octanol–water partition coefficient (Wildman–Crippen LogP) is 5.05. The van der Waals surface area contributed by atoms with Crippen molar-refractivity contribution in [3.05, 3.63) is 24.3 Å². The zero-order valence-electron chi connectivity index (χ0n) is 20.8. The van der Waals surface area contributed by atoms with E-state index in [-0.39, 0.29) is 58.0 Å². The minimum atomic E-state index is -0.254. The molecule has 0 aromatic rings. The molecule has 2 spiro atoms. The van der Waals surface area contributed by atoms with E-state index < -0.39 is 0 Å². The van der Waals surface area contributed by atoms with Gasteiger partial charge in [-0.15, -0.1) is 0 Å². The average molecular weight is 720 g/mol. The van der Waals surface area contributed by atoms with Gasteiger partial charge in [-0.1, -0.05) is 69.5 Å². The third-order valence-corrected chi connectivity index (χ3v) is 12.2. The van der Waals surface area contributed by atoms with Crippen molar-refractivity contribution in [3.63, 3.8) is 0 Å². The van der Waals surface area contributed by atoms with Gasteiger partial charge in [0, 0.05) is 33.5 Å². The number of carbonyl (C=O) groups excluding carboxylic acids is 4. The molecule has 6 nitrogen and oxygen atoms in total. The summed E-state index contributed by atoms with van der Waals surface area (Å²) < 4.78 is 10.6. The van der Waals surface area contributed by atoms with E-state index in [0.717, 1.165) is 0 Å². The lowest BCUT2D eigenvalue weighted by molar-refractivity contribution is -0.150. The third kappa shape index (κ3) is 4.53. The van der Waals surface area contributed by atoms with Gasteiger partial charge < -0.3 is 9.47 Å². The molecular weight excluding hydrogens is 686 g/mol. The molecule has 4 bridgehead atoms. The van der Waals surface area contributed by atoms with E-state index in [1.165, 1.54) is 39.9 Å². The second kappa shape index (κ2) is 10.1. The Morgan fingerprint density at radius 3 is 1.31 bits per heavy atom. The average Bonchev–Trinajstić information content (AvgIpc) is 3.72. The summed E-state index contributed by atoms with van der Waals surface area (Å²) in [5, 5.41) is 0. The van der Waals surface area contributed by atoms with Crippen molar-refractivity contribution in [1.82, 2.24) is 0 Å². The Labute approximate surface area is 240 Å². The number of alkyl halides is 2. The fraction of sp³-hybridized carbons (Fsp3) is 0.714. The second-order valence-electron chi connectivity index (χ2n) is 11.5. The van der Waals surface area contributed by atoms with Crippen LogP contribution in [0.25, 0.3) is 0 Å². The Hall–Kier alpha value is -0.780. The molecule has 0 aliphatic heterocycles. The SMILES string of the molecule is COC(=O)[C@H]1CC(=O)C[C@@H](I)C2C=CC1C21CC1.COC(=O)[C@H]1CC(=O)C[C@H](I)C2C=CC1C21CC1. The summed E-state index contributed by atoms with van der Waals surface area (Å²) in [6, 6.07) is 0. The predicted molar refractivity (Wildman–Crippen MR) is 151 cm³/mol. The summed E-state index contributed by atoms with van der Waals surface area (Å²) in [4.78, 5) is 47.9. The van der Waals surface area contributed by atoms with E-state index in [2.05, 4.69) is 69.5 Å². The summed E-state index contributed by atoms with van der Waals surface area (Å²) in [7, 11) is 2.84. The van der Waals surface area contributed by atoms with Gasteiger partial charge in [-0.3, -0.25) is 19.2 Å². The summed E-state index contributed by atoms with van der Waals surface area (Å²) in [6.07, 6.45) is 15.5. The molecule has 0 heterocycles. The van der Waals surface area contributed by atoms with Crippen molar-refractivity contribution in [2.75, 3.05) is 14.2 Å².